The van der Waals surface area contributed by atoms with Gasteiger partial charge in [0.05, 0.1) is 0 Å². The zero-order chi connectivity index (χ0) is 13.1. The van der Waals surface area contributed by atoms with E-state index in [1.807, 2.05) is 6.08 Å². The second kappa shape index (κ2) is 5.79. The molecule has 1 aliphatic rings. The van der Waals surface area contributed by atoms with Gasteiger partial charge in [-0.1, -0.05) is 28.9 Å². The molecule has 18 heavy (non-hydrogen) atoms. The van der Waals surface area contributed by atoms with Crippen LogP contribution in [0.1, 0.15) is 31.7 Å². The molecule has 0 heterocycles. The monoisotopic (exact) mass is 310 g/mol. The summed E-state index contributed by atoms with van der Waals surface area (Å²) in [5.41, 5.74) is 1.33. The Labute approximate surface area is 115 Å². The third kappa shape index (κ3) is 3.29. The Kier molecular flexibility index (Phi) is 4.33. The van der Waals surface area contributed by atoms with Gasteiger partial charge in [-0.2, -0.15) is 0 Å². The number of halogens is 2. The van der Waals surface area contributed by atoms with Crippen molar-refractivity contribution in [2.24, 2.45) is 5.92 Å². The van der Waals surface area contributed by atoms with Crippen LogP contribution in [0.25, 0.3) is 0 Å². The first-order valence-corrected chi connectivity index (χ1v) is 7.01. The SMILES string of the molecule is CC1CC=C(C(=O)Cc2cc(Br)ccc2F)CC1. The van der Waals surface area contributed by atoms with Crippen LogP contribution in [-0.4, -0.2) is 5.78 Å². The van der Waals surface area contributed by atoms with Crippen molar-refractivity contribution in [1.82, 2.24) is 0 Å². The van der Waals surface area contributed by atoms with Gasteiger partial charge in [0.15, 0.2) is 5.78 Å². The zero-order valence-electron chi connectivity index (χ0n) is 10.4. The van der Waals surface area contributed by atoms with E-state index in [9.17, 15) is 9.18 Å². The predicted octanol–water partition coefficient (Wildman–Crippen LogP) is 4.45. The summed E-state index contributed by atoms with van der Waals surface area (Å²) in [5, 5.41) is 0. The first-order chi connectivity index (χ1) is 8.56. The van der Waals surface area contributed by atoms with Crippen LogP contribution in [0.4, 0.5) is 4.39 Å². The van der Waals surface area contributed by atoms with Gasteiger partial charge in [-0.15, -0.1) is 0 Å². The van der Waals surface area contributed by atoms with Crippen LogP contribution < -0.4 is 0 Å². The van der Waals surface area contributed by atoms with Crippen molar-refractivity contribution in [2.45, 2.75) is 32.6 Å². The molecule has 1 unspecified atom stereocenters. The van der Waals surface area contributed by atoms with Gasteiger partial charge in [0.1, 0.15) is 5.82 Å². The van der Waals surface area contributed by atoms with E-state index in [1.165, 1.54) is 6.07 Å². The highest BCUT2D eigenvalue weighted by atomic mass is 79.9. The minimum absolute atomic E-state index is 0.0545. The van der Waals surface area contributed by atoms with E-state index in [0.29, 0.717) is 11.5 Å². The number of rotatable bonds is 3. The molecule has 96 valence electrons. The van der Waals surface area contributed by atoms with Gasteiger partial charge in [0.2, 0.25) is 0 Å². The Morgan fingerprint density at radius 1 is 1.50 bits per heavy atom. The van der Waals surface area contributed by atoms with Crippen molar-refractivity contribution in [2.75, 3.05) is 0 Å². The third-order valence-corrected chi connectivity index (χ3v) is 3.88. The van der Waals surface area contributed by atoms with Crippen molar-refractivity contribution < 1.29 is 9.18 Å². The standard InChI is InChI=1S/C15H16BrFO/c1-10-2-4-11(5-3-10)15(18)9-12-8-13(16)6-7-14(12)17/h4,6-8,10H,2-3,5,9H2,1H3. The van der Waals surface area contributed by atoms with Crippen molar-refractivity contribution >= 4 is 21.7 Å². The molecule has 1 aromatic carbocycles. The molecule has 0 spiro atoms. The minimum Gasteiger partial charge on any atom is -0.294 e. The maximum absolute atomic E-state index is 13.6. The summed E-state index contributed by atoms with van der Waals surface area (Å²) in [6, 6.07) is 4.72. The van der Waals surface area contributed by atoms with E-state index in [0.717, 1.165) is 29.3 Å². The van der Waals surface area contributed by atoms with Gasteiger partial charge >= 0.3 is 0 Å². The van der Waals surface area contributed by atoms with Crippen LogP contribution in [-0.2, 0) is 11.2 Å². The molecule has 0 aromatic heterocycles. The third-order valence-electron chi connectivity index (χ3n) is 3.39. The van der Waals surface area contributed by atoms with Crippen molar-refractivity contribution in [3.05, 3.63) is 45.7 Å². The van der Waals surface area contributed by atoms with Crippen LogP contribution in [0.3, 0.4) is 0 Å². The van der Waals surface area contributed by atoms with Gasteiger partial charge < -0.3 is 0 Å². The van der Waals surface area contributed by atoms with Gasteiger partial charge in [-0.25, -0.2) is 4.39 Å². The number of hydrogen-bond donors (Lipinski definition) is 0. The molecule has 1 nitrogen and oxygen atoms in total. The number of benzene rings is 1. The first-order valence-electron chi connectivity index (χ1n) is 6.22. The number of ketones is 1. The van der Waals surface area contributed by atoms with Gasteiger partial charge in [-0.05, 0) is 54.5 Å². The summed E-state index contributed by atoms with van der Waals surface area (Å²) in [7, 11) is 0. The molecule has 0 fully saturated rings. The fraction of sp³-hybridized carbons (Fsp3) is 0.400. The van der Waals surface area contributed by atoms with Crippen molar-refractivity contribution in [3.8, 4) is 0 Å². The topological polar surface area (TPSA) is 17.1 Å². The average molecular weight is 311 g/mol. The maximum Gasteiger partial charge on any atom is 0.163 e. The molecule has 1 aliphatic carbocycles. The van der Waals surface area contributed by atoms with E-state index < -0.39 is 0 Å². The molecule has 3 heteroatoms. The van der Waals surface area contributed by atoms with E-state index in [4.69, 9.17) is 0 Å². The highest BCUT2D eigenvalue weighted by Gasteiger charge is 2.17. The molecule has 0 saturated heterocycles. The highest BCUT2D eigenvalue weighted by Crippen LogP contribution is 2.25. The van der Waals surface area contributed by atoms with Crippen molar-refractivity contribution in [1.29, 1.82) is 0 Å². The lowest BCUT2D eigenvalue weighted by Crippen LogP contribution is -2.12. The zero-order valence-corrected chi connectivity index (χ0v) is 12.0. The maximum atomic E-state index is 13.6. The smallest absolute Gasteiger partial charge is 0.163 e. The molecule has 1 aromatic rings. The molecule has 0 N–H and O–H groups in total. The lowest BCUT2D eigenvalue weighted by Gasteiger charge is -2.17. The van der Waals surface area contributed by atoms with Gasteiger partial charge in [0, 0.05) is 10.9 Å². The van der Waals surface area contributed by atoms with E-state index in [1.54, 1.807) is 12.1 Å². The van der Waals surface area contributed by atoms with E-state index in [2.05, 4.69) is 22.9 Å². The van der Waals surface area contributed by atoms with Crippen LogP contribution in [0, 0.1) is 11.7 Å². The van der Waals surface area contributed by atoms with Crippen LogP contribution >= 0.6 is 15.9 Å². The number of hydrogen-bond acceptors (Lipinski definition) is 1. The summed E-state index contributed by atoms with van der Waals surface area (Å²) < 4.78 is 14.4. The molecular weight excluding hydrogens is 295 g/mol. The summed E-state index contributed by atoms with van der Waals surface area (Å²) in [6.07, 6.45) is 5.02. The van der Waals surface area contributed by atoms with Crippen LogP contribution in [0.2, 0.25) is 0 Å². The Morgan fingerprint density at radius 2 is 2.28 bits per heavy atom. The summed E-state index contributed by atoms with van der Waals surface area (Å²) >= 11 is 3.30. The lowest BCUT2D eigenvalue weighted by molar-refractivity contribution is -0.115. The number of allylic oxidation sites excluding steroid dienone is 2. The largest absolute Gasteiger partial charge is 0.294 e. The molecule has 2 rings (SSSR count). The average Bonchev–Trinajstić information content (AvgIpc) is 2.34. The quantitative estimate of drug-likeness (QED) is 0.806. The fourth-order valence-corrected chi connectivity index (χ4v) is 2.59. The number of carbonyl (C=O) groups is 1. The Bertz CT molecular complexity index is 493. The molecule has 0 saturated carbocycles. The molecule has 0 aliphatic heterocycles. The summed E-state index contributed by atoms with van der Waals surface area (Å²) in [6.45, 7) is 2.19. The first kappa shape index (κ1) is 13.5. The highest BCUT2D eigenvalue weighted by molar-refractivity contribution is 9.10. The second-order valence-corrected chi connectivity index (χ2v) is 5.86. The lowest BCUT2D eigenvalue weighted by atomic mass is 9.88. The Hall–Kier alpha value is -0.960. The fourth-order valence-electron chi connectivity index (χ4n) is 2.18. The normalized spacial score (nSPS) is 19.5. The number of Topliss-reactive ketones (excluding diaryl/α,β-unsaturated/α-hetero) is 1. The molecule has 0 amide bonds. The second-order valence-electron chi connectivity index (χ2n) is 4.94. The van der Waals surface area contributed by atoms with E-state index >= 15 is 0 Å². The van der Waals surface area contributed by atoms with E-state index in [-0.39, 0.29) is 18.0 Å². The van der Waals surface area contributed by atoms with Gasteiger partial charge in [0.25, 0.3) is 0 Å². The van der Waals surface area contributed by atoms with Crippen molar-refractivity contribution in [3.63, 3.8) is 0 Å². The number of carbonyl (C=O) groups excluding carboxylic acids is 1. The van der Waals surface area contributed by atoms with Gasteiger partial charge in [-0.3, -0.25) is 4.79 Å². The summed E-state index contributed by atoms with van der Waals surface area (Å²) in [4.78, 5) is 12.1. The minimum atomic E-state index is -0.309. The Morgan fingerprint density at radius 3 is 2.94 bits per heavy atom. The molecule has 1 atom stereocenters. The molecule has 0 bridgehead atoms. The Balaban J connectivity index is 2.09. The predicted molar refractivity (Wildman–Crippen MR) is 73.9 cm³/mol. The summed E-state index contributed by atoms with van der Waals surface area (Å²) in [5.74, 6) is 0.402. The molecular formula is C15H16BrFO. The van der Waals surface area contributed by atoms with Crippen LogP contribution in [0.15, 0.2) is 34.3 Å². The van der Waals surface area contributed by atoms with Crippen LogP contribution in [0.5, 0.6) is 0 Å². The molecule has 0 radical (unpaired) electrons.